The number of hydrogen-bond acceptors (Lipinski definition) is 2. The van der Waals surface area contributed by atoms with E-state index in [1.165, 1.54) is 24.8 Å². The molecule has 0 aliphatic heterocycles. The van der Waals surface area contributed by atoms with E-state index < -0.39 is 0 Å². The quantitative estimate of drug-likeness (QED) is 0.846. The van der Waals surface area contributed by atoms with Gasteiger partial charge in [-0.1, -0.05) is 33.3 Å². The Labute approximate surface area is 123 Å². The van der Waals surface area contributed by atoms with Crippen LogP contribution in [0, 0.1) is 24.7 Å². The van der Waals surface area contributed by atoms with Gasteiger partial charge < -0.3 is 10.1 Å². The fraction of sp³-hybridized carbons (Fsp3) is 0.667. The van der Waals surface area contributed by atoms with Crippen molar-refractivity contribution >= 4 is 5.69 Å². The van der Waals surface area contributed by atoms with Gasteiger partial charge in [0.2, 0.25) is 0 Å². The van der Waals surface area contributed by atoms with E-state index in [2.05, 4.69) is 51.2 Å². The molecular formula is C18H29NO. The summed E-state index contributed by atoms with van der Waals surface area (Å²) in [5.74, 6) is 3.27. The SMILES string of the molecule is COc1ccc(C)cc1NC1CC(C)CCC1C(C)C. The molecule has 2 heteroatoms. The Morgan fingerprint density at radius 1 is 1.25 bits per heavy atom. The minimum absolute atomic E-state index is 0.564. The number of hydrogen-bond donors (Lipinski definition) is 1. The van der Waals surface area contributed by atoms with Crippen molar-refractivity contribution in [1.82, 2.24) is 0 Å². The molecule has 3 unspecified atom stereocenters. The van der Waals surface area contributed by atoms with Crippen molar-refractivity contribution in [3.63, 3.8) is 0 Å². The normalized spacial score (nSPS) is 26.6. The maximum atomic E-state index is 5.50. The molecule has 3 atom stereocenters. The van der Waals surface area contributed by atoms with Gasteiger partial charge in [0.1, 0.15) is 5.75 Å². The molecule has 1 saturated carbocycles. The molecule has 1 aliphatic rings. The van der Waals surface area contributed by atoms with Crippen molar-refractivity contribution in [2.45, 2.75) is 53.0 Å². The van der Waals surface area contributed by atoms with Crippen LogP contribution < -0.4 is 10.1 Å². The van der Waals surface area contributed by atoms with Crippen LogP contribution in [0.25, 0.3) is 0 Å². The molecule has 0 radical (unpaired) electrons. The summed E-state index contributed by atoms with van der Waals surface area (Å²) in [5.41, 5.74) is 2.43. The van der Waals surface area contributed by atoms with Crippen LogP contribution in [-0.2, 0) is 0 Å². The third-order valence-electron chi connectivity index (χ3n) is 4.72. The number of aryl methyl sites for hydroxylation is 1. The minimum Gasteiger partial charge on any atom is -0.495 e. The maximum absolute atomic E-state index is 5.50. The zero-order valence-corrected chi connectivity index (χ0v) is 13.6. The molecule has 1 fully saturated rings. The molecule has 0 heterocycles. The van der Waals surface area contributed by atoms with Gasteiger partial charge in [-0.15, -0.1) is 0 Å². The second kappa shape index (κ2) is 6.51. The van der Waals surface area contributed by atoms with Crippen molar-refractivity contribution in [1.29, 1.82) is 0 Å². The third-order valence-corrected chi connectivity index (χ3v) is 4.72. The molecule has 112 valence electrons. The van der Waals surface area contributed by atoms with Gasteiger partial charge in [0.05, 0.1) is 12.8 Å². The van der Waals surface area contributed by atoms with Crippen LogP contribution in [-0.4, -0.2) is 13.2 Å². The Bertz CT molecular complexity index is 441. The molecular weight excluding hydrogens is 246 g/mol. The summed E-state index contributed by atoms with van der Waals surface area (Å²) in [5, 5.41) is 3.78. The number of benzene rings is 1. The van der Waals surface area contributed by atoms with E-state index in [1.54, 1.807) is 7.11 Å². The number of methoxy groups -OCH3 is 1. The van der Waals surface area contributed by atoms with Gasteiger partial charge in [-0.2, -0.15) is 0 Å². The minimum atomic E-state index is 0.564. The Hall–Kier alpha value is -1.18. The first-order valence-corrected chi connectivity index (χ1v) is 7.92. The highest BCUT2D eigenvalue weighted by Crippen LogP contribution is 2.37. The Kier molecular flexibility index (Phi) is 4.95. The van der Waals surface area contributed by atoms with Gasteiger partial charge >= 0.3 is 0 Å². The highest BCUT2D eigenvalue weighted by atomic mass is 16.5. The van der Waals surface area contributed by atoms with E-state index in [0.717, 1.165) is 29.2 Å². The smallest absolute Gasteiger partial charge is 0.141 e. The van der Waals surface area contributed by atoms with E-state index in [-0.39, 0.29) is 0 Å². The first-order chi connectivity index (χ1) is 9.51. The summed E-state index contributed by atoms with van der Waals surface area (Å²) in [6, 6.07) is 6.94. The lowest BCUT2D eigenvalue weighted by Gasteiger charge is -2.38. The molecule has 1 aliphatic carbocycles. The van der Waals surface area contributed by atoms with Gasteiger partial charge in [-0.3, -0.25) is 0 Å². The molecule has 0 amide bonds. The van der Waals surface area contributed by atoms with Crippen molar-refractivity contribution in [2.75, 3.05) is 12.4 Å². The van der Waals surface area contributed by atoms with Gasteiger partial charge in [0.15, 0.2) is 0 Å². The number of ether oxygens (including phenoxy) is 1. The zero-order valence-electron chi connectivity index (χ0n) is 13.6. The summed E-state index contributed by atoms with van der Waals surface area (Å²) in [6.45, 7) is 9.21. The topological polar surface area (TPSA) is 21.3 Å². The molecule has 0 aromatic heterocycles. The Balaban J connectivity index is 2.19. The van der Waals surface area contributed by atoms with Crippen LogP contribution in [0.5, 0.6) is 5.75 Å². The summed E-state index contributed by atoms with van der Waals surface area (Å²) >= 11 is 0. The fourth-order valence-electron chi connectivity index (χ4n) is 3.50. The summed E-state index contributed by atoms with van der Waals surface area (Å²) in [4.78, 5) is 0. The predicted octanol–water partition coefficient (Wildman–Crippen LogP) is 4.88. The lowest BCUT2D eigenvalue weighted by molar-refractivity contribution is 0.211. The first-order valence-electron chi connectivity index (χ1n) is 7.92. The zero-order chi connectivity index (χ0) is 14.7. The van der Waals surface area contributed by atoms with Crippen molar-refractivity contribution in [2.24, 2.45) is 17.8 Å². The second-order valence-electron chi connectivity index (χ2n) is 6.78. The molecule has 0 saturated heterocycles. The van der Waals surface area contributed by atoms with Gasteiger partial charge in [-0.25, -0.2) is 0 Å². The fourth-order valence-corrected chi connectivity index (χ4v) is 3.50. The van der Waals surface area contributed by atoms with Crippen LogP contribution in [0.3, 0.4) is 0 Å². The lowest BCUT2D eigenvalue weighted by Crippen LogP contribution is -2.37. The lowest BCUT2D eigenvalue weighted by atomic mass is 9.74. The van der Waals surface area contributed by atoms with E-state index in [9.17, 15) is 0 Å². The molecule has 2 rings (SSSR count). The number of anilines is 1. The maximum Gasteiger partial charge on any atom is 0.141 e. The monoisotopic (exact) mass is 275 g/mol. The summed E-state index contributed by atoms with van der Waals surface area (Å²) in [6.07, 6.45) is 3.97. The van der Waals surface area contributed by atoms with Crippen LogP contribution in [0.4, 0.5) is 5.69 Å². The van der Waals surface area contributed by atoms with Crippen molar-refractivity contribution in [3.05, 3.63) is 23.8 Å². The third kappa shape index (κ3) is 3.47. The molecule has 1 aromatic rings. The summed E-state index contributed by atoms with van der Waals surface area (Å²) < 4.78 is 5.50. The molecule has 2 nitrogen and oxygen atoms in total. The Morgan fingerprint density at radius 2 is 2.00 bits per heavy atom. The molecule has 0 spiro atoms. The van der Waals surface area contributed by atoms with Gasteiger partial charge in [-0.05, 0) is 55.2 Å². The van der Waals surface area contributed by atoms with E-state index in [4.69, 9.17) is 4.74 Å². The average Bonchev–Trinajstić information content (AvgIpc) is 2.38. The van der Waals surface area contributed by atoms with Crippen molar-refractivity contribution < 1.29 is 4.74 Å². The van der Waals surface area contributed by atoms with Crippen LogP contribution in [0.1, 0.15) is 45.6 Å². The first kappa shape index (κ1) is 15.2. The molecule has 20 heavy (non-hydrogen) atoms. The average molecular weight is 275 g/mol. The standard InChI is InChI=1S/C18H29NO/c1-12(2)15-8-6-13(3)10-16(15)19-17-11-14(4)7-9-18(17)20-5/h7,9,11-13,15-16,19H,6,8,10H2,1-5H3. The predicted molar refractivity (Wildman–Crippen MR) is 86.5 cm³/mol. The molecule has 1 aromatic carbocycles. The highest BCUT2D eigenvalue weighted by Gasteiger charge is 2.31. The largest absolute Gasteiger partial charge is 0.495 e. The van der Waals surface area contributed by atoms with E-state index in [0.29, 0.717) is 6.04 Å². The van der Waals surface area contributed by atoms with E-state index >= 15 is 0 Å². The number of nitrogens with one attached hydrogen (secondary N) is 1. The summed E-state index contributed by atoms with van der Waals surface area (Å²) in [7, 11) is 1.75. The van der Waals surface area contributed by atoms with Crippen LogP contribution in [0.2, 0.25) is 0 Å². The van der Waals surface area contributed by atoms with Crippen molar-refractivity contribution in [3.8, 4) is 5.75 Å². The second-order valence-corrected chi connectivity index (χ2v) is 6.78. The highest BCUT2D eigenvalue weighted by molar-refractivity contribution is 5.58. The number of rotatable bonds is 4. The van der Waals surface area contributed by atoms with Crippen LogP contribution >= 0.6 is 0 Å². The molecule has 0 bridgehead atoms. The van der Waals surface area contributed by atoms with Gasteiger partial charge in [0.25, 0.3) is 0 Å². The van der Waals surface area contributed by atoms with E-state index in [1.807, 2.05) is 0 Å². The van der Waals surface area contributed by atoms with Gasteiger partial charge in [0, 0.05) is 6.04 Å². The Morgan fingerprint density at radius 3 is 2.65 bits per heavy atom. The van der Waals surface area contributed by atoms with Crippen LogP contribution in [0.15, 0.2) is 18.2 Å². The molecule has 1 N–H and O–H groups in total.